The fourth-order valence-corrected chi connectivity index (χ4v) is 5.93. The lowest BCUT2D eigenvalue weighted by Crippen LogP contribution is -2.12. The largest absolute Gasteiger partial charge is 0.439 e. The van der Waals surface area contributed by atoms with E-state index < -0.39 is 28.0 Å². The van der Waals surface area contributed by atoms with E-state index in [2.05, 4.69) is 15.7 Å². The lowest BCUT2D eigenvalue weighted by Gasteiger charge is -2.15. The molecule has 0 aliphatic heterocycles. The fourth-order valence-electron chi connectivity index (χ4n) is 3.99. The molecule has 0 spiro atoms. The Morgan fingerprint density at radius 3 is 2.32 bits per heavy atom. The van der Waals surface area contributed by atoms with Crippen molar-refractivity contribution in [3.8, 4) is 0 Å². The number of carbonyl (C=O) groups excluding carboxylic acids is 1. The van der Waals surface area contributed by atoms with E-state index in [-0.39, 0.29) is 4.21 Å². The van der Waals surface area contributed by atoms with Gasteiger partial charge in [-0.2, -0.15) is 11.3 Å². The molecule has 28 heavy (non-hydrogen) atoms. The van der Waals surface area contributed by atoms with Gasteiger partial charge in [-0.15, -0.1) is 10.6 Å². The van der Waals surface area contributed by atoms with E-state index in [1.807, 2.05) is 0 Å². The van der Waals surface area contributed by atoms with E-state index in [9.17, 15) is 18.5 Å². The molecular weight excluding hydrogens is 399 g/mol. The van der Waals surface area contributed by atoms with Crippen molar-refractivity contribution in [2.24, 2.45) is 4.36 Å². The first-order valence-electron chi connectivity index (χ1n) is 9.37. The molecule has 2 aliphatic rings. The van der Waals surface area contributed by atoms with Crippen LogP contribution in [-0.4, -0.2) is 11.1 Å². The summed E-state index contributed by atoms with van der Waals surface area (Å²) in [4.78, 5) is 12.8. The van der Waals surface area contributed by atoms with Crippen molar-refractivity contribution in [2.45, 2.75) is 62.2 Å². The molecule has 0 atom stereocenters. The van der Waals surface area contributed by atoms with Crippen molar-refractivity contribution in [1.29, 1.82) is 0 Å². The van der Waals surface area contributed by atoms with Gasteiger partial charge in [-0.3, -0.25) is 0 Å². The molecule has 0 bridgehead atoms. The van der Waals surface area contributed by atoms with Crippen molar-refractivity contribution >= 4 is 33.7 Å². The predicted molar refractivity (Wildman–Crippen MR) is 108 cm³/mol. The van der Waals surface area contributed by atoms with Crippen LogP contribution < -0.4 is 5.32 Å². The number of nitrogens with one attached hydrogen (secondary N) is 1. The Morgan fingerprint density at radius 2 is 1.79 bits per heavy atom. The van der Waals surface area contributed by atoms with Gasteiger partial charge in [0.1, 0.15) is 5.82 Å². The summed E-state index contributed by atoms with van der Waals surface area (Å²) < 4.78 is 30.1. The Balaban J connectivity index is 1.62. The number of urea groups is 1. The summed E-state index contributed by atoms with van der Waals surface area (Å²) in [6, 6.07) is 2.67. The molecule has 1 aromatic heterocycles. The summed E-state index contributed by atoms with van der Waals surface area (Å²) >= 11 is 0.864. The number of hydrogen-bond acceptors (Lipinski definition) is 5. The summed E-state index contributed by atoms with van der Waals surface area (Å²) in [6.45, 7) is 3.04. The van der Waals surface area contributed by atoms with Crippen molar-refractivity contribution < 1.29 is 18.5 Å². The van der Waals surface area contributed by atoms with Crippen LogP contribution in [0, 0.1) is 5.82 Å². The van der Waals surface area contributed by atoms with Crippen LogP contribution in [0.4, 0.5) is 14.9 Å². The second-order valence-corrected chi connectivity index (χ2v) is 10.2. The van der Waals surface area contributed by atoms with Gasteiger partial charge >= 0.3 is 6.03 Å². The normalized spacial score (nSPS) is 16.9. The van der Waals surface area contributed by atoms with Gasteiger partial charge in [0.15, 0.2) is 0 Å². The van der Waals surface area contributed by atoms with Gasteiger partial charge in [0, 0.05) is 10.6 Å². The van der Waals surface area contributed by atoms with Gasteiger partial charge in [0.25, 0.3) is 0 Å². The average Bonchev–Trinajstić information content (AvgIpc) is 3.32. The molecule has 8 heteroatoms. The van der Waals surface area contributed by atoms with Gasteiger partial charge in [0.05, 0.1) is 5.60 Å². The quantitative estimate of drug-likeness (QED) is 0.697. The number of carbonyl (C=O) groups is 1. The standard InChI is InChI=1S/C20H22FN2O3S2/c1-20(2,25)16-10-15(21)18(27-16)28(26)23-19(24)22-17-13-7-3-5-11(13)9-12-6-4-8-14(12)17/h9-10,25H,3-8H2,1-2H3,(H,22,24)/q-1. The van der Waals surface area contributed by atoms with Crippen LogP contribution in [0.3, 0.4) is 0 Å². The Hall–Kier alpha value is -1.77. The van der Waals surface area contributed by atoms with Crippen LogP contribution in [0.1, 0.15) is 53.8 Å². The van der Waals surface area contributed by atoms with Gasteiger partial charge in [-0.25, -0.2) is 9.18 Å². The van der Waals surface area contributed by atoms with Crippen LogP contribution in [0.5, 0.6) is 0 Å². The zero-order valence-corrected chi connectivity index (χ0v) is 17.4. The molecule has 4 rings (SSSR count). The Labute approximate surface area is 169 Å². The SMILES string of the molecule is CC(C)(O)c1cc(F)c([S-](=O)=NC(=O)Nc2c3c(cc4c2CCC4)CCC3)s1. The molecular formula is C20H22FN2O3S2-. The molecule has 0 unspecified atom stereocenters. The topological polar surface area (TPSA) is 78.8 Å². The first-order valence-corrected chi connectivity index (χ1v) is 11.3. The molecule has 1 aromatic carbocycles. The summed E-state index contributed by atoms with van der Waals surface area (Å²) in [6.07, 6.45) is 5.96. The first kappa shape index (κ1) is 19.5. The number of hydrogen-bond donors (Lipinski definition) is 2. The number of rotatable bonds is 3. The van der Waals surface area contributed by atoms with E-state index >= 15 is 0 Å². The first-order chi connectivity index (χ1) is 13.2. The van der Waals surface area contributed by atoms with Crippen LogP contribution in [0.25, 0.3) is 0 Å². The van der Waals surface area contributed by atoms with E-state index in [1.165, 1.54) is 25.0 Å². The number of aliphatic hydroxyl groups is 1. The minimum atomic E-state index is -2.16. The van der Waals surface area contributed by atoms with Crippen molar-refractivity contribution in [3.05, 3.63) is 45.1 Å². The maximum absolute atomic E-state index is 14.1. The summed E-state index contributed by atoms with van der Waals surface area (Å²) in [5, 5.41) is 12.8. The highest BCUT2D eigenvalue weighted by Crippen LogP contribution is 2.38. The Kier molecular flexibility index (Phi) is 5.05. The number of fused-ring (bicyclic) bond motifs is 2. The van der Waals surface area contributed by atoms with E-state index in [0.717, 1.165) is 72.7 Å². The lowest BCUT2D eigenvalue weighted by molar-refractivity contribution is 0.0823. The maximum atomic E-state index is 14.1. The number of nitrogens with zero attached hydrogens (tertiary/aromatic N) is 1. The number of benzene rings is 1. The van der Waals surface area contributed by atoms with Gasteiger partial charge in [-0.1, -0.05) is 6.07 Å². The zero-order chi connectivity index (χ0) is 20.1. The van der Waals surface area contributed by atoms with Crippen molar-refractivity contribution in [3.63, 3.8) is 0 Å². The molecule has 0 saturated carbocycles. The van der Waals surface area contributed by atoms with Gasteiger partial charge in [-0.05, 0) is 84.9 Å². The molecule has 2 aliphatic carbocycles. The number of anilines is 1. The van der Waals surface area contributed by atoms with Crippen molar-refractivity contribution in [1.82, 2.24) is 0 Å². The zero-order valence-electron chi connectivity index (χ0n) is 15.8. The van der Waals surface area contributed by atoms with Crippen LogP contribution in [0.15, 0.2) is 20.7 Å². The third kappa shape index (κ3) is 3.60. The second-order valence-electron chi connectivity index (χ2n) is 7.81. The third-order valence-electron chi connectivity index (χ3n) is 5.29. The monoisotopic (exact) mass is 421 g/mol. The Morgan fingerprint density at radius 1 is 1.18 bits per heavy atom. The smallest absolute Gasteiger partial charge is 0.322 e. The number of amides is 2. The highest BCUT2D eigenvalue weighted by atomic mass is 32.2. The third-order valence-corrected chi connectivity index (χ3v) is 8.03. The highest BCUT2D eigenvalue weighted by Gasteiger charge is 2.25. The Bertz CT molecular complexity index is 1010. The van der Waals surface area contributed by atoms with Crippen LogP contribution in [-0.2, 0) is 46.1 Å². The predicted octanol–water partition coefficient (Wildman–Crippen LogP) is 4.83. The van der Waals surface area contributed by atoms with Gasteiger partial charge < -0.3 is 19.0 Å². The van der Waals surface area contributed by atoms with Crippen LogP contribution >= 0.6 is 11.3 Å². The molecule has 0 saturated heterocycles. The highest BCUT2D eigenvalue weighted by molar-refractivity contribution is 7.78. The average molecular weight is 422 g/mol. The molecule has 2 N–H and O–H groups in total. The number of thiophene rings is 1. The fraction of sp³-hybridized carbons (Fsp3) is 0.450. The molecule has 2 amide bonds. The second kappa shape index (κ2) is 7.24. The minimum Gasteiger partial charge on any atom is -0.439 e. The molecule has 2 aromatic rings. The van der Waals surface area contributed by atoms with Crippen molar-refractivity contribution in [2.75, 3.05) is 5.32 Å². The summed E-state index contributed by atoms with van der Waals surface area (Å²) in [7, 11) is -2.16. The van der Waals surface area contributed by atoms with Crippen LogP contribution in [0.2, 0.25) is 0 Å². The molecule has 5 nitrogen and oxygen atoms in total. The summed E-state index contributed by atoms with van der Waals surface area (Å²) in [5.74, 6) is -0.724. The molecule has 0 radical (unpaired) electrons. The maximum Gasteiger partial charge on any atom is 0.322 e. The minimum absolute atomic E-state index is 0.157. The summed E-state index contributed by atoms with van der Waals surface area (Å²) in [5.41, 5.74) is 4.43. The van der Waals surface area contributed by atoms with E-state index in [1.54, 1.807) is 0 Å². The van der Waals surface area contributed by atoms with E-state index in [0.29, 0.717) is 4.88 Å². The van der Waals surface area contributed by atoms with Gasteiger partial charge in [0.2, 0.25) is 0 Å². The number of aryl methyl sites for hydroxylation is 2. The van der Waals surface area contributed by atoms with E-state index in [4.69, 9.17) is 0 Å². The molecule has 150 valence electrons. The lowest BCUT2D eigenvalue weighted by atomic mass is 9.99. The molecule has 1 heterocycles. The molecule has 0 fully saturated rings. The number of halogens is 1.